The number of likely N-dealkylation sites (tertiary alicyclic amines) is 1. The third kappa shape index (κ3) is 2.49. The van der Waals surface area contributed by atoms with Crippen LogP contribution >= 0.6 is 0 Å². The zero-order valence-corrected chi connectivity index (χ0v) is 11.2. The van der Waals surface area contributed by atoms with Crippen molar-refractivity contribution in [1.82, 2.24) is 19.4 Å². The van der Waals surface area contributed by atoms with Gasteiger partial charge in [-0.15, -0.1) is 0 Å². The lowest BCUT2D eigenvalue weighted by Crippen LogP contribution is -2.40. The molecule has 1 N–H and O–H groups in total. The van der Waals surface area contributed by atoms with Crippen LogP contribution in [0.2, 0.25) is 0 Å². The summed E-state index contributed by atoms with van der Waals surface area (Å²) in [5.41, 5.74) is 0.432. The van der Waals surface area contributed by atoms with Crippen LogP contribution in [0.4, 0.5) is 0 Å². The van der Waals surface area contributed by atoms with Crippen LogP contribution in [0.3, 0.4) is 0 Å². The fourth-order valence-corrected chi connectivity index (χ4v) is 2.52. The number of carbonyl (C=O) groups excluding carboxylic acids is 1. The van der Waals surface area contributed by atoms with Crippen LogP contribution in [0.25, 0.3) is 5.82 Å². The van der Waals surface area contributed by atoms with E-state index < -0.39 is 12.0 Å². The van der Waals surface area contributed by atoms with E-state index in [2.05, 4.69) is 9.97 Å². The molecule has 1 amide bonds. The van der Waals surface area contributed by atoms with Gasteiger partial charge < -0.3 is 10.0 Å². The SMILES string of the molecule is O=C(O)[C@H]1CCCN1C(=O)c1ccnc(-n2ccnc2)c1. The van der Waals surface area contributed by atoms with Gasteiger partial charge in [0.2, 0.25) is 0 Å². The van der Waals surface area contributed by atoms with E-state index >= 15 is 0 Å². The van der Waals surface area contributed by atoms with Crippen molar-refractivity contribution in [2.24, 2.45) is 0 Å². The van der Waals surface area contributed by atoms with Crippen molar-refractivity contribution in [3.63, 3.8) is 0 Å². The summed E-state index contributed by atoms with van der Waals surface area (Å²) in [5, 5.41) is 9.17. The van der Waals surface area contributed by atoms with E-state index in [9.17, 15) is 9.59 Å². The summed E-state index contributed by atoms with van der Waals surface area (Å²) in [4.78, 5) is 33.2. The third-order valence-electron chi connectivity index (χ3n) is 3.56. The van der Waals surface area contributed by atoms with E-state index in [1.165, 1.54) is 11.1 Å². The average molecular weight is 286 g/mol. The van der Waals surface area contributed by atoms with Gasteiger partial charge in [-0.2, -0.15) is 0 Å². The monoisotopic (exact) mass is 286 g/mol. The standard InChI is InChI=1S/C14H14N4O3/c19-13(18-6-1-2-11(18)14(20)21)10-3-4-16-12(8-10)17-7-5-15-9-17/h3-5,7-9,11H,1-2,6H2,(H,20,21)/t11-/m1/s1. The Morgan fingerprint density at radius 3 is 2.90 bits per heavy atom. The number of amides is 1. The predicted molar refractivity (Wildman–Crippen MR) is 73.1 cm³/mol. The molecular formula is C14H14N4O3. The number of carbonyl (C=O) groups is 2. The van der Waals surface area contributed by atoms with Gasteiger partial charge in [0.05, 0.1) is 0 Å². The predicted octanol–water partition coefficient (Wildman–Crippen LogP) is 0.956. The van der Waals surface area contributed by atoms with Gasteiger partial charge >= 0.3 is 5.97 Å². The lowest BCUT2D eigenvalue weighted by atomic mass is 10.2. The maximum absolute atomic E-state index is 12.5. The second-order valence-corrected chi connectivity index (χ2v) is 4.87. The van der Waals surface area contributed by atoms with Crippen molar-refractivity contribution in [1.29, 1.82) is 0 Å². The number of hydrogen-bond donors (Lipinski definition) is 1. The molecular weight excluding hydrogens is 272 g/mol. The Kier molecular flexibility index (Phi) is 3.39. The van der Waals surface area contributed by atoms with Crippen molar-refractivity contribution in [2.45, 2.75) is 18.9 Å². The highest BCUT2D eigenvalue weighted by molar-refractivity contribution is 5.97. The van der Waals surface area contributed by atoms with Gasteiger partial charge in [0, 0.05) is 30.7 Å². The van der Waals surface area contributed by atoms with E-state index in [-0.39, 0.29) is 5.91 Å². The minimum Gasteiger partial charge on any atom is -0.480 e. The maximum Gasteiger partial charge on any atom is 0.326 e. The van der Waals surface area contributed by atoms with Crippen molar-refractivity contribution in [2.75, 3.05) is 6.54 Å². The Hall–Kier alpha value is -2.70. The number of carboxylic acid groups (broad SMARTS) is 1. The molecule has 0 radical (unpaired) electrons. The number of rotatable bonds is 3. The van der Waals surface area contributed by atoms with Gasteiger partial charge in [0.1, 0.15) is 18.2 Å². The fraction of sp³-hybridized carbons (Fsp3) is 0.286. The quantitative estimate of drug-likeness (QED) is 0.907. The molecule has 1 saturated heterocycles. The zero-order chi connectivity index (χ0) is 14.8. The van der Waals surface area contributed by atoms with E-state index in [0.29, 0.717) is 30.8 Å². The number of nitrogens with zero attached hydrogens (tertiary/aromatic N) is 4. The average Bonchev–Trinajstić information content (AvgIpc) is 3.17. The van der Waals surface area contributed by atoms with Crippen LogP contribution < -0.4 is 0 Å². The Balaban J connectivity index is 1.88. The number of imidazole rings is 1. The molecule has 7 heteroatoms. The van der Waals surface area contributed by atoms with Gasteiger partial charge in [-0.1, -0.05) is 0 Å². The van der Waals surface area contributed by atoms with Gasteiger partial charge in [-0.05, 0) is 25.0 Å². The summed E-state index contributed by atoms with van der Waals surface area (Å²) in [5.74, 6) is -0.655. The molecule has 0 saturated carbocycles. The Bertz CT molecular complexity index is 669. The molecule has 0 aliphatic carbocycles. The smallest absolute Gasteiger partial charge is 0.326 e. The van der Waals surface area contributed by atoms with Crippen molar-refractivity contribution >= 4 is 11.9 Å². The molecule has 21 heavy (non-hydrogen) atoms. The summed E-state index contributed by atoms with van der Waals surface area (Å²) in [7, 11) is 0. The first kappa shape index (κ1) is 13.3. The first-order valence-electron chi connectivity index (χ1n) is 6.65. The minimum atomic E-state index is -0.954. The molecule has 2 aromatic heterocycles. The highest BCUT2D eigenvalue weighted by Gasteiger charge is 2.34. The summed E-state index contributed by atoms with van der Waals surface area (Å²) < 4.78 is 1.69. The summed E-state index contributed by atoms with van der Waals surface area (Å²) >= 11 is 0. The second-order valence-electron chi connectivity index (χ2n) is 4.87. The zero-order valence-electron chi connectivity index (χ0n) is 11.2. The summed E-state index contributed by atoms with van der Waals surface area (Å²) in [6.45, 7) is 0.471. The molecule has 0 aromatic carbocycles. The Morgan fingerprint density at radius 2 is 2.19 bits per heavy atom. The molecule has 1 aliphatic rings. The van der Waals surface area contributed by atoms with Crippen LogP contribution in [0.15, 0.2) is 37.1 Å². The number of carboxylic acids is 1. The number of hydrogen-bond acceptors (Lipinski definition) is 4. The molecule has 0 spiro atoms. The van der Waals surface area contributed by atoms with Crippen molar-refractivity contribution in [3.8, 4) is 5.82 Å². The lowest BCUT2D eigenvalue weighted by Gasteiger charge is -2.21. The van der Waals surface area contributed by atoms with Crippen LogP contribution in [0.5, 0.6) is 0 Å². The van der Waals surface area contributed by atoms with Crippen molar-refractivity contribution in [3.05, 3.63) is 42.6 Å². The van der Waals surface area contributed by atoms with Crippen LogP contribution in [-0.2, 0) is 4.79 Å². The minimum absolute atomic E-state index is 0.274. The molecule has 7 nitrogen and oxygen atoms in total. The van der Waals surface area contributed by atoms with E-state index in [1.807, 2.05) is 0 Å². The van der Waals surface area contributed by atoms with Crippen molar-refractivity contribution < 1.29 is 14.7 Å². The van der Waals surface area contributed by atoms with Gasteiger partial charge in [0.15, 0.2) is 0 Å². The molecule has 0 unspecified atom stereocenters. The normalized spacial score (nSPS) is 17.9. The number of aliphatic carboxylic acids is 1. The third-order valence-corrected chi connectivity index (χ3v) is 3.56. The molecule has 0 bridgehead atoms. The van der Waals surface area contributed by atoms with Crippen LogP contribution in [0, 0.1) is 0 Å². The first-order chi connectivity index (χ1) is 10.2. The molecule has 1 fully saturated rings. The van der Waals surface area contributed by atoms with E-state index in [0.717, 1.165) is 0 Å². The van der Waals surface area contributed by atoms with E-state index in [1.54, 1.807) is 35.4 Å². The highest BCUT2D eigenvalue weighted by Crippen LogP contribution is 2.20. The Labute approximate surface area is 120 Å². The number of aromatic nitrogens is 3. The van der Waals surface area contributed by atoms with Crippen LogP contribution in [0.1, 0.15) is 23.2 Å². The summed E-state index contributed by atoms with van der Waals surface area (Å²) in [6.07, 6.45) is 7.69. The molecule has 2 aromatic rings. The van der Waals surface area contributed by atoms with Gasteiger partial charge in [-0.3, -0.25) is 9.36 Å². The Morgan fingerprint density at radius 1 is 1.33 bits per heavy atom. The summed E-state index contributed by atoms with van der Waals surface area (Å²) in [6, 6.07) is 2.50. The molecule has 3 heterocycles. The molecule has 108 valence electrons. The van der Waals surface area contributed by atoms with Gasteiger partial charge in [0.25, 0.3) is 5.91 Å². The number of pyridine rings is 1. The van der Waals surface area contributed by atoms with E-state index in [4.69, 9.17) is 5.11 Å². The topological polar surface area (TPSA) is 88.3 Å². The van der Waals surface area contributed by atoms with Gasteiger partial charge in [-0.25, -0.2) is 14.8 Å². The lowest BCUT2D eigenvalue weighted by molar-refractivity contribution is -0.141. The highest BCUT2D eigenvalue weighted by atomic mass is 16.4. The molecule has 1 atom stereocenters. The fourth-order valence-electron chi connectivity index (χ4n) is 2.52. The molecule has 3 rings (SSSR count). The first-order valence-corrected chi connectivity index (χ1v) is 6.65. The maximum atomic E-state index is 12.5. The molecule has 1 aliphatic heterocycles. The van der Waals surface area contributed by atoms with Crippen LogP contribution in [-0.4, -0.2) is 49.0 Å². The largest absolute Gasteiger partial charge is 0.480 e. The second kappa shape index (κ2) is 5.35.